The highest BCUT2D eigenvalue weighted by molar-refractivity contribution is 7.90. The van der Waals surface area contributed by atoms with Gasteiger partial charge in [0.15, 0.2) is 0 Å². The Morgan fingerprint density at radius 1 is 0.661 bits per heavy atom. The van der Waals surface area contributed by atoms with E-state index in [1.165, 1.54) is 0 Å². The number of hydrogen-bond acceptors (Lipinski definition) is 11. The summed E-state index contributed by atoms with van der Waals surface area (Å²) in [6.07, 6.45) is 11.6. The lowest BCUT2D eigenvalue weighted by atomic mass is 10.1. The van der Waals surface area contributed by atoms with Gasteiger partial charge in [-0.15, -0.1) is 0 Å². The Bertz CT molecular complexity index is 2390. The van der Waals surface area contributed by atoms with E-state index in [0.717, 1.165) is 57.3 Å². The van der Waals surface area contributed by atoms with Gasteiger partial charge in [0, 0.05) is 55.9 Å². The van der Waals surface area contributed by atoms with Crippen molar-refractivity contribution in [3.63, 3.8) is 0 Å². The zero-order chi connectivity index (χ0) is 44.5. The average Bonchev–Trinajstić information content (AvgIpc) is 3.77. The van der Waals surface area contributed by atoms with Crippen LogP contribution in [-0.4, -0.2) is 55.8 Å². The molecule has 17 nitrogen and oxygen atoms in total. The number of unbranched alkanes of at least 4 members (excludes halogenated alkanes) is 3. The van der Waals surface area contributed by atoms with Crippen molar-refractivity contribution in [1.29, 1.82) is 0 Å². The van der Waals surface area contributed by atoms with Gasteiger partial charge in [0.25, 0.3) is 11.8 Å². The van der Waals surface area contributed by atoms with Crippen LogP contribution in [0.3, 0.4) is 0 Å². The predicted octanol–water partition coefficient (Wildman–Crippen LogP) is 7.83. The molecule has 1 unspecified atom stereocenters. The molecule has 0 radical (unpaired) electrons. The van der Waals surface area contributed by atoms with E-state index < -0.39 is 10.1 Å². The van der Waals surface area contributed by atoms with E-state index in [1.54, 1.807) is 24.3 Å². The normalized spacial score (nSPS) is 12.1. The molecule has 324 valence electrons. The maximum atomic E-state index is 12.8. The smallest absolute Gasteiger partial charge is 0.421 e. The number of anilines is 4. The molecule has 0 fully saturated rings. The summed E-state index contributed by atoms with van der Waals surface area (Å²) in [6, 6.07) is 29.5. The molecular formula is C44H53N12O5S+. The van der Waals surface area contributed by atoms with E-state index in [2.05, 4.69) is 51.8 Å². The van der Waals surface area contributed by atoms with E-state index in [0.29, 0.717) is 45.8 Å². The Hall–Kier alpha value is -7.02. The molecule has 0 saturated heterocycles. The molecule has 4 N–H and O–H groups in total. The Balaban J connectivity index is 0.00000113. The van der Waals surface area contributed by atoms with Crippen molar-refractivity contribution in [1.82, 2.24) is 9.13 Å². The molecule has 2 aromatic heterocycles. The quantitative estimate of drug-likeness (QED) is 0.0292. The molecular weight excluding hydrogens is 809 g/mol. The molecule has 0 saturated carbocycles. The number of imidazole rings is 2. The van der Waals surface area contributed by atoms with Gasteiger partial charge in [0.05, 0.1) is 71.5 Å². The molecule has 0 aliphatic heterocycles. The Morgan fingerprint density at radius 3 is 1.39 bits per heavy atom. The lowest BCUT2D eigenvalue weighted by Crippen LogP contribution is -2.25. The van der Waals surface area contributed by atoms with Crippen LogP contribution >= 0.6 is 0 Å². The third kappa shape index (κ3) is 14.0. The molecule has 1 atom stereocenters. The SMILES string of the molecule is C=S(=O)([O-])OC.Cn1cc[n+](C)c1N=Nc1cc(NC(=O)c2ccccc2)ccc1NCCCCCCNc1ccc(NC(=O)c2ccccc2)cc1N=Nc1n(C)cc[n+]1C. The van der Waals surface area contributed by atoms with Gasteiger partial charge in [-0.05, 0) is 79.4 Å². The van der Waals surface area contributed by atoms with Crippen LogP contribution in [0.5, 0.6) is 0 Å². The monoisotopic (exact) mass is 861 g/mol. The molecule has 6 rings (SSSR count). The third-order valence-corrected chi connectivity index (χ3v) is 9.86. The number of benzene rings is 4. The first-order chi connectivity index (χ1) is 29.8. The third-order valence-electron chi connectivity index (χ3n) is 9.36. The number of nitrogens with one attached hydrogen (secondary N) is 4. The summed E-state index contributed by atoms with van der Waals surface area (Å²) in [4.78, 5) is 25.7. The highest BCUT2D eigenvalue weighted by atomic mass is 32.2. The number of aromatic nitrogens is 4. The largest absolute Gasteiger partial charge is 0.757 e. The van der Waals surface area contributed by atoms with Crippen LogP contribution in [0.4, 0.5) is 46.0 Å². The number of hydrogen-bond donors (Lipinski definition) is 4. The van der Waals surface area contributed by atoms with E-state index in [9.17, 15) is 18.4 Å². The summed E-state index contributed by atoms with van der Waals surface area (Å²) in [5, 5.41) is 31.2. The fourth-order valence-electron chi connectivity index (χ4n) is 5.96. The van der Waals surface area contributed by atoms with Gasteiger partial charge in [-0.1, -0.05) is 59.5 Å². The molecule has 2 amide bonds. The highest BCUT2D eigenvalue weighted by Crippen LogP contribution is 2.32. The number of rotatable bonds is 18. The van der Waals surface area contributed by atoms with Gasteiger partial charge in [-0.25, -0.2) is 18.3 Å². The number of nitrogens with zero attached hydrogens (tertiary/aromatic N) is 8. The Labute approximate surface area is 362 Å². The maximum absolute atomic E-state index is 12.8. The summed E-state index contributed by atoms with van der Waals surface area (Å²) in [5.74, 6) is 3.64. The van der Waals surface area contributed by atoms with Crippen molar-refractivity contribution in [2.24, 2.45) is 48.6 Å². The van der Waals surface area contributed by atoms with Crippen LogP contribution < -0.4 is 30.4 Å². The topological polar surface area (TPSA) is 199 Å². The van der Waals surface area contributed by atoms with Crippen molar-refractivity contribution in [3.8, 4) is 0 Å². The molecule has 0 spiro atoms. The summed E-state index contributed by atoms with van der Waals surface area (Å²) in [6.45, 7) is 1.50. The number of azo groups is 2. The number of aryl methyl sites for hydroxylation is 4. The number of carbonyl (C=O) groups excluding carboxylic acids is 2. The Kier molecular flexibility index (Phi) is 16.7. The lowest BCUT2D eigenvalue weighted by Gasteiger charge is -2.12. The first-order valence-electron chi connectivity index (χ1n) is 19.8. The molecule has 4 aromatic carbocycles. The van der Waals surface area contributed by atoms with Crippen molar-refractivity contribution < 1.29 is 31.7 Å². The first-order valence-corrected chi connectivity index (χ1v) is 21.4. The maximum Gasteiger partial charge on any atom is 0.421 e. The minimum atomic E-state index is -3.41. The molecule has 2 heterocycles. The van der Waals surface area contributed by atoms with Crippen molar-refractivity contribution in [2.45, 2.75) is 25.7 Å². The standard InChI is InChI=1S/C42H46N12O2.C2H6O3S/c1-51-25-26-52(2)41(51)49-47-37-29-33(45-39(55)31-15-9-7-10-16-31)19-21-35(37)43-23-13-5-6-14-24-44-36-22-20-34(46-40(56)32-17-11-8-12-18-32)30-38(36)48-50-42-53(3)27-28-54(42)4;1-5-6(2,3)4/h7-12,15-22,25-30H,5-6,13-14,23-24H2,1-4H3,(H2,45,46,47,48,55,56);2H2,1H3,(H,3,4)/p+1. The van der Waals surface area contributed by atoms with E-state index in [-0.39, 0.29) is 11.8 Å². The highest BCUT2D eigenvalue weighted by Gasteiger charge is 2.15. The lowest BCUT2D eigenvalue weighted by molar-refractivity contribution is -0.657. The van der Waals surface area contributed by atoms with Crippen LogP contribution in [0, 0.1) is 0 Å². The van der Waals surface area contributed by atoms with Gasteiger partial charge in [0.2, 0.25) is 0 Å². The number of amides is 2. The minimum absolute atomic E-state index is 0.191. The van der Waals surface area contributed by atoms with Crippen LogP contribution in [0.2, 0.25) is 0 Å². The second kappa shape index (κ2) is 22.5. The van der Waals surface area contributed by atoms with Gasteiger partial charge < -0.3 is 30.0 Å². The van der Waals surface area contributed by atoms with E-state index >= 15 is 0 Å². The van der Waals surface area contributed by atoms with E-state index in [4.69, 9.17) is 0 Å². The molecule has 0 bridgehead atoms. The fourth-order valence-corrected chi connectivity index (χ4v) is 5.96. The van der Waals surface area contributed by atoms with Gasteiger partial charge in [-0.2, -0.15) is 0 Å². The van der Waals surface area contributed by atoms with Gasteiger partial charge in [-0.3, -0.25) is 13.8 Å². The van der Waals surface area contributed by atoms with Gasteiger partial charge in [0.1, 0.15) is 11.4 Å². The van der Waals surface area contributed by atoms with Crippen LogP contribution in [-0.2, 0) is 42.5 Å². The second-order valence-electron chi connectivity index (χ2n) is 14.1. The zero-order valence-electron chi connectivity index (χ0n) is 35.5. The predicted molar refractivity (Wildman–Crippen MR) is 242 cm³/mol. The van der Waals surface area contributed by atoms with Crippen molar-refractivity contribution >= 4 is 73.8 Å². The van der Waals surface area contributed by atoms with Crippen molar-refractivity contribution in [3.05, 3.63) is 133 Å². The zero-order valence-corrected chi connectivity index (χ0v) is 36.3. The van der Waals surface area contributed by atoms with Crippen LogP contribution in [0.15, 0.2) is 142 Å². The molecule has 0 aliphatic carbocycles. The van der Waals surface area contributed by atoms with Crippen LogP contribution in [0.25, 0.3) is 0 Å². The summed E-state index contributed by atoms with van der Waals surface area (Å²) < 4.78 is 30.7. The summed E-state index contributed by atoms with van der Waals surface area (Å²) in [5.41, 5.74) is 5.34. The minimum Gasteiger partial charge on any atom is -0.757 e. The molecule has 0 aliphatic rings. The fraction of sp³-hybridized carbons (Fsp3) is 0.250. The molecule has 6 aromatic rings. The number of carbonyl (C=O) groups is 2. The summed E-state index contributed by atoms with van der Waals surface area (Å²) in [7, 11) is 5.31. The molecule has 18 heteroatoms. The second-order valence-corrected chi connectivity index (χ2v) is 15.6. The van der Waals surface area contributed by atoms with Gasteiger partial charge >= 0.3 is 11.9 Å². The average molecular weight is 862 g/mol. The molecule has 62 heavy (non-hydrogen) atoms. The Morgan fingerprint density at radius 2 is 1.05 bits per heavy atom. The van der Waals surface area contributed by atoms with E-state index in [1.807, 2.05) is 144 Å². The first kappa shape index (κ1) is 46.1. The summed E-state index contributed by atoms with van der Waals surface area (Å²) >= 11 is 0. The van der Waals surface area contributed by atoms with Crippen molar-refractivity contribution in [2.75, 3.05) is 41.5 Å². The van der Waals surface area contributed by atoms with Crippen LogP contribution in [0.1, 0.15) is 46.4 Å².